The molecule has 0 aliphatic carbocycles. The van der Waals surface area contributed by atoms with Crippen molar-refractivity contribution < 1.29 is 4.74 Å². The van der Waals surface area contributed by atoms with E-state index in [9.17, 15) is 0 Å². The number of hydrogen-bond donors (Lipinski definition) is 2. The van der Waals surface area contributed by atoms with Gasteiger partial charge >= 0.3 is 6.01 Å². The van der Waals surface area contributed by atoms with Crippen molar-refractivity contribution in [1.82, 2.24) is 15.0 Å². The summed E-state index contributed by atoms with van der Waals surface area (Å²) in [4.78, 5) is 14.3. The van der Waals surface area contributed by atoms with Gasteiger partial charge < -0.3 is 9.64 Å². The zero-order chi connectivity index (χ0) is 14.5. The van der Waals surface area contributed by atoms with Crippen LogP contribution in [0.2, 0.25) is 0 Å². The van der Waals surface area contributed by atoms with Gasteiger partial charge in [0.25, 0.3) is 0 Å². The maximum Gasteiger partial charge on any atom is 0.323 e. The van der Waals surface area contributed by atoms with Crippen molar-refractivity contribution in [1.29, 1.82) is 0 Å². The Morgan fingerprint density at radius 2 is 1.90 bits per heavy atom. The van der Waals surface area contributed by atoms with Gasteiger partial charge in [-0.1, -0.05) is 17.7 Å². The minimum atomic E-state index is 0.240. The maximum atomic E-state index is 5.37. The number of ether oxygens (including phenoxy) is 1. The Hall–Kier alpha value is -2.41. The zero-order valence-electron chi connectivity index (χ0n) is 11.8. The van der Waals surface area contributed by atoms with Crippen molar-refractivity contribution in [2.24, 2.45) is 5.84 Å². The average Bonchev–Trinajstić information content (AvgIpc) is 2.47. The predicted molar refractivity (Wildman–Crippen MR) is 78.0 cm³/mol. The number of nitrogen functional groups attached to an aromatic ring is 1. The molecule has 1 aromatic heterocycles. The lowest BCUT2D eigenvalue weighted by Crippen LogP contribution is -2.18. The monoisotopic (exact) mass is 274 g/mol. The summed E-state index contributed by atoms with van der Waals surface area (Å²) in [6.45, 7) is 4.38. The summed E-state index contributed by atoms with van der Waals surface area (Å²) in [5.41, 5.74) is 4.57. The summed E-state index contributed by atoms with van der Waals surface area (Å²) in [6.07, 6.45) is 0. The van der Waals surface area contributed by atoms with E-state index in [2.05, 4.69) is 20.4 Å². The number of nitrogens with two attached hydrogens (primary N) is 1. The van der Waals surface area contributed by atoms with E-state index < -0.39 is 0 Å². The van der Waals surface area contributed by atoms with Crippen molar-refractivity contribution in [3.63, 3.8) is 0 Å². The molecular formula is C13H18N6O. The first-order valence-corrected chi connectivity index (χ1v) is 6.30. The Morgan fingerprint density at radius 3 is 2.50 bits per heavy atom. The van der Waals surface area contributed by atoms with E-state index >= 15 is 0 Å². The second-order valence-electron chi connectivity index (χ2n) is 4.21. The molecule has 0 unspecified atom stereocenters. The van der Waals surface area contributed by atoms with Gasteiger partial charge in [-0.15, -0.1) is 0 Å². The van der Waals surface area contributed by atoms with E-state index in [0.29, 0.717) is 12.6 Å². The molecular weight excluding hydrogens is 256 g/mol. The Kier molecular flexibility index (Phi) is 4.31. The molecule has 7 nitrogen and oxygen atoms in total. The number of hydrazine groups is 1. The summed E-state index contributed by atoms with van der Waals surface area (Å²) in [5.74, 6) is 6.09. The van der Waals surface area contributed by atoms with Crippen molar-refractivity contribution in [2.75, 3.05) is 24.0 Å². The van der Waals surface area contributed by atoms with Gasteiger partial charge in [0, 0.05) is 12.7 Å². The van der Waals surface area contributed by atoms with Crippen LogP contribution in [0.1, 0.15) is 12.5 Å². The minimum Gasteiger partial charge on any atom is -0.464 e. The van der Waals surface area contributed by atoms with Crippen LogP contribution in [-0.2, 0) is 0 Å². The first-order chi connectivity index (χ1) is 9.63. The Balaban J connectivity index is 2.34. The highest BCUT2D eigenvalue weighted by Gasteiger charge is 2.12. The van der Waals surface area contributed by atoms with Gasteiger partial charge in [0.1, 0.15) is 0 Å². The molecule has 7 heteroatoms. The minimum absolute atomic E-state index is 0.240. The average molecular weight is 274 g/mol. The van der Waals surface area contributed by atoms with Gasteiger partial charge in [-0.3, -0.25) is 5.43 Å². The first kappa shape index (κ1) is 14.0. The maximum absolute atomic E-state index is 5.37. The van der Waals surface area contributed by atoms with Crippen LogP contribution in [0.5, 0.6) is 6.01 Å². The molecule has 3 N–H and O–H groups in total. The smallest absolute Gasteiger partial charge is 0.323 e. The fourth-order valence-electron chi connectivity index (χ4n) is 1.64. The molecule has 0 saturated heterocycles. The van der Waals surface area contributed by atoms with Gasteiger partial charge in [-0.2, -0.15) is 15.0 Å². The van der Waals surface area contributed by atoms with Crippen LogP contribution in [0.3, 0.4) is 0 Å². The summed E-state index contributed by atoms with van der Waals surface area (Å²) in [6, 6.07) is 8.28. The highest BCUT2D eigenvalue weighted by atomic mass is 16.5. The number of nitrogens with zero attached hydrogens (tertiary/aromatic N) is 4. The van der Waals surface area contributed by atoms with Gasteiger partial charge in [-0.25, -0.2) is 5.84 Å². The number of hydrogen-bond acceptors (Lipinski definition) is 7. The van der Waals surface area contributed by atoms with Crippen molar-refractivity contribution in [2.45, 2.75) is 13.8 Å². The lowest BCUT2D eigenvalue weighted by molar-refractivity contribution is 0.312. The molecule has 0 bridgehead atoms. The number of nitrogens with one attached hydrogen (secondary N) is 1. The van der Waals surface area contributed by atoms with Gasteiger partial charge in [0.2, 0.25) is 11.9 Å². The predicted octanol–water partition coefficient (Wildman–Crippen LogP) is 1.63. The second-order valence-corrected chi connectivity index (χ2v) is 4.21. The van der Waals surface area contributed by atoms with Crippen LogP contribution in [0, 0.1) is 6.92 Å². The Bertz CT molecular complexity index is 572. The number of anilines is 3. The molecule has 0 spiro atoms. The quantitative estimate of drug-likeness (QED) is 0.632. The third-order valence-corrected chi connectivity index (χ3v) is 2.73. The van der Waals surface area contributed by atoms with E-state index in [1.807, 2.05) is 50.1 Å². The molecule has 0 radical (unpaired) electrons. The standard InChI is InChI=1S/C13H18N6O/c1-4-20-13-16-11(18-14)15-12(17-13)19(3)10-7-5-9(2)6-8-10/h5-8H,4,14H2,1-3H3,(H,15,16,17,18). The number of aromatic nitrogens is 3. The Labute approximate surface area is 117 Å². The van der Waals surface area contributed by atoms with Crippen molar-refractivity contribution in [3.05, 3.63) is 29.8 Å². The van der Waals surface area contributed by atoms with Gasteiger partial charge in [-0.05, 0) is 26.0 Å². The molecule has 106 valence electrons. The Morgan fingerprint density at radius 1 is 1.20 bits per heavy atom. The van der Waals surface area contributed by atoms with E-state index in [1.165, 1.54) is 5.56 Å². The molecule has 0 aliphatic heterocycles. The zero-order valence-corrected chi connectivity index (χ0v) is 11.8. The SMILES string of the molecule is CCOc1nc(NN)nc(N(C)c2ccc(C)cc2)n1. The molecule has 0 saturated carbocycles. The number of rotatable bonds is 5. The van der Waals surface area contributed by atoms with Crippen LogP contribution in [-0.4, -0.2) is 28.6 Å². The first-order valence-electron chi connectivity index (χ1n) is 6.30. The summed E-state index contributed by atoms with van der Waals surface area (Å²) in [7, 11) is 1.87. The largest absolute Gasteiger partial charge is 0.464 e. The molecule has 0 fully saturated rings. The molecule has 2 aromatic rings. The van der Waals surface area contributed by atoms with Crippen molar-refractivity contribution >= 4 is 17.6 Å². The highest BCUT2D eigenvalue weighted by molar-refractivity contribution is 5.57. The second kappa shape index (κ2) is 6.16. The van der Waals surface area contributed by atoms with Crippen LogP contribution in [0.15, 0.2) is 24.3 Å². The number of aryl methyl sites for hydroxylation is 1. The normalized spacial score (nSPS) is 10.2. The summed E-state index contributed by atoms with van der Waals surface area (Å²) >= 11 is 0. The molecule has 20 heavy (non-hydrogen) atoms. The molecule has 0 aliphatic rings. The lowest BCUT2D eigenvalue weighted by atomic mass is 10.2. The fourth-order valence-corrected chi connectivity index (χ4v) is 1.64. The summed E-state index contributed by atoms with van der Waals surface area (Å²) in [5, 5.41) is 0. The molecule has 0 atom stereocenters. The molecule has 1 heterocycles. The number of benzene rings is 1. The topological polar surface area (TPSA) is 89.2 Å². The van der Waals surface area contributed by atoms with Crippen LogP contribution in [0.4, 0.5) is 17.6 Å². The fraction of sp³-hybridized carbons (Fsp3) is 0.308. The third-order valence-electron chi connectivity index (χ3n) is 2.73. The van der Waals surface area contributed by atoms with E-state index in [-0.39, 0.29) is 12.0 Å². The van der Waals surface area contributed by atoms with Gasteiger partial charge in [0.15, 0.2) is 0 Å². The summed E-state index contributed by atoms with van der Waals surface area (Å²) < 4.78 is 5.31. The molecule has 1 aromatic carbocycles. The van der Waals surface area contributed by atoms with Crippen LogP contribution >= 0.6 is 0 Å². The van der Waals surface area contributed by atoms with Crippen LogP contribution < -0.4 is 20.9 Å². The highest BCUT2D eigenvalue weighted by Crippen LogP contribution is 2.22. The van der Waals surface area contributed by atoms with Crippen molar-refractivity contribution in [3.8, 4) is 6.01 Å². The third kappa shape index (κ3) is 3.12. The van der Waals surface area contributed by atoms with E-state index in [4.69, 9.17) is 10.6 Å². The van der Waals surface area contributed by atoms with Crippen LogP contribution in [0.25, 0.3) is 0 Å². The molecule has 0 amide bonds. The van der Waals surface area contributed by atoms with E-state index in [0.717, 1.165) is 5.69 Å². The lowest BCUT2D eigenvalue weighted by Gasteiger charge is -2.18. The van der Waals surface area contributed by atoms with Gasteiger partial charge in [0.05, 0.1) is 6.61 Å². The molecule has 2 rings (SSSR count). The van der Waals surface area contributed by atoms with E-state index in [1.54, 1.807) is 0 Å².